The van der Waals surface area contributed by atoms with Crippen LogP contribution in [0.25, 0.3) is 0 Å². The van der Waals surface area contributed by atoms with Gasteiger partial charge in [-0.2, -0.15) is 0 Å². The molecule has 5 heteroatoms. The summed E-state index contributed by atoms with van der Waals surface area (Å²) in [6, 6.07) is 0. The number of epoxide rings is 1. The van der Waals surface area contributed by atoms with Crippen molar-refractivity contribution >= 4 is 6.09 Å². The minimum Gasteiger partial charge on any atom is -0.450 e. The summed E-state index contributed by atoms with van der Waals surface area (Å²) < 4.78 is 9.97. The quantitative estimate of drug-likeness (QED) is 0.567. The van der Waals surface area contributed by atoms with Crippen LogP contribution in [0.4, 0.5) is 4.79 Å². The highest BCUT2D eigenvalue weighted by Gasteiger charge is 2.50. The van der Waals surface area contributed by atoms with E-state index in [9.17, 15) is 9.90 Å². The molecule has 2 rings (SSSR count). The molecule has 0 saturated carbocycles. The van der Waals surface area contributed by atoms with Gasteiger partial charge in [0.05, 0.1) is 19.7 Å². The van der Waals surface area contributed by atoms with Crippen molar-refractivity contribution in [1.82, 2.24) is 4.90 Å². The molecule has 0 aromatic rings. The second kappa shape index (κ2) is 3.16. The Morgan fingerprint density at radius 2 is 2.46 bits per heavy atom. The standard InChI is InChI=1S/C8H13NO4/c1-2-12-8(11)9-3-5(10)7-6(4-9)13-7/h5-7,10H,2-4H2,1H3/t5-,6+,7-/m1/s1. The smallest absolute Gasteiger partial charge is 0.409 e. The number of carbonyl (C=O) groups is 1. The number of β-amino-alcohol motifs (C(OH)–C–C–N with tert-alkyl or cyclic N) is 1. The van der Waals surface area contributed by atoms with Gasteiger partial charge in [0.1, 0.15) is 18.3 Å². The molecule has 0 aliphatic carbocycles. The number of aliphatic hydroxyl groups excluding tert-OH is 1. The molecule has 1 N–H and O–H groups in total. The summed E-state index contributed by atoms with van der Waals surface area (Å²) in [6.45, 7) is 2.98. The first-order chi connectivity index (χ1) is 6.22. The zero-order chi connectivity index (χ0) is 9.42. The fraction of sp³-hybridized carbons (Fsp3) is 0.875. The Kier molecular flexibility index (Phi) is 2.13. The average Bonchev–Trinajstić information content (AvgIpc) is 2.84. The van der Waals surface area contributed by atoms with E-state index in [-0.39, 0.29) is 18.3 Å². The first-order valence-electron chi connectivity index (χ1n) is 4.47. The van der Waals surface area contributed by atoms with E-state index in [0.29, 0.717) is 19.7 Å². The van der Waals surface area contributed by atoms with Gasteiger partial charge in [0.15, 0.2) is 0 Å². The Labute approximate surface area is 76.2 Å². The first kappa shape index (κ1) is 8.77. The van der Waals surface area contributed by atoms with Crippen molar-refractivity contribution in [3.63, 3.8) is 0 Å². The molecule has 74 valence electrons. The lowest BCUT2D eigenvalue weighted by atomic mass is 10.1. The van der Waals surface area contributed by atoms with E-state index in [0.717, 1.165) is 0 Å². The van der Waals surface area contributed by atoms with Crippen LogP contribution in [0.15, 0.2) is 0 Å². The molecule has 5 nitrogen and oxygen atoms in total. The van der Waals surface area contributed by atoms with Crippen LogP contribution < -0.4 is 0 Å². The normalized spacial score (nSPS) is 36.8. The lowest BCUT2D eigenvalue weighted by molar-refractivity contribution is 0.0608. The second-order valence-corrected chi connectivity index (χ2v) is 3.31. The number of likely N-dealkylation sites (tertiary alicyclic amines) is 1. The number of hydrogen-bond acceptors (Lipinski definition) is 4. The van der Waals surface area contributed by atoms with Crippen molar-refractivity contribution in [3.8, 4) is 0 Å². The summed E-state index contributed by atoms with van der Waals surface area (Å²) in [6.07, 6.45) is -0.947. The summed E-state index contributed by atoms with van der Waals surface area (Å²) in [7, 11) is 0. The molecule has 0 aromatic carbocycles. The zero-order valence-electron chi connectivity index (χ0n) is 7.47. The maximum atomic E-state index is 11.2. The molecule has 0 bridgehead atoms. The van der Waals surface area contributed by atoms with Gasteiger partial charge in [-0.1, -0.05) is 0 Å². The van der Waals surface area contributed by atoms with E-state index in [1.54, 1.807) is 6.92 Å². The van der Waals surface area contributed by atoms with Crippen LogP contribution in [-0.2, 0) is 9.47 Å². The lowest BCUT2D eigenvalue weighted by Gasteiger charge is -2.26. The van der Waals surface area contributed by atoms with Crippen LogP contribution in [0.2, 0.25) is 0 Å². The third kappa shape index (κ3) is 1.62. The molecular formula is C8H13NO4. The van der Waals surface area contributed by atoms with Crippen LogP contribution in [0.3, 0.4) is 0 Å². The molecule has 0 aromatic heterocycles. The van der Waals surface area contributed by atoms with Gasteiger partial charge in [-0.05, 0) is 6.92 Å². The maximum absolute atomic E-state index is 11.2. The van der Waals surface area contributed by atoms with Crippen molar-refractivity contribution < 1.29 is 19.4 Å². The van der Waals surface area contributed by atoms with Gasteiger partial charge in [-0.15, -0.1) is 0 Å². The predicted molar refractivity (Wildman–Crippen MR) is 43.3 cm³/mol. The number of hydrogen-bond donors (Lipinski definition) is 1. The van der Waals surface area contributed by atoms with E-state index in [4.69, 9.17) is 9.47 Å². The van der Waals surface area contributed by atoms with Crippen LogP contribution in [0.5, 0.6) is 0 Å². The fourth-order valence-electron chi connectivity index (χ4n) is 1.63. The van der Waals surface area contributed by atoms with E-state index in [1.807, 2.05) is 0 Å². The summed E-state index contributed by atoms with van der Waals surface area (Å²) >= 11 is 0. The molecule has 0 spiro atoms. The first-order valence-corrected chi connectivity index (χ1v) is 4.47. The summed E-state index contributed by atoms with van der Waals surface area (Å²) in [5.74, 6) is 0. The van der Waals surface area contributed by atoms with Crippen LogP contribution >= 0.6 is 0 Å². The summed E-state index contributed by atoms with van der Waals surface area (Å²) in [5.41, 5.74) is 0. The number of amides is 1. The molecule has 2 heterocycles. The van der Waals surface area contributed by atoms with Crippen molar-refractivity contribution in [2.45, 2.75) is 25.2 Å². The lowest BCUT2D eigenvalue weighted by Crippen LogP contribution is -2.46. The van der Waals surface area contributed by atoms with Crippen LogP contribution in [-0.4, -0.2) is 54.1 Å². The third-order valence-electron chi connectivity index (χ3n) is 2.33. The monoisotopic (exact) mass is 187 g/mol. The number of rotatable bonds is 1. The van der Waals surface area contributed by atoms with Crippen molar-refractivity contribution in [1.29, 1.82) is 0 Å². The molecule has 2 aliphatic rings. The van der Waals surface area contributed by atoms with Gasteiger partial charge >= 0.3 is 6.09 Å². The van der Waals surface area contributed by atoms with Gasteiger partial charge in [0, 0.05) is 0 Å². The van der Waals surface area contributed by atoms with Gasteiger partial charge in [0.25, 0.3) is 0 Å². The predicted octanol–water partition coefficient (Wildman–Crippen LogP) is -0.413. The van der Waals surface area contributed by atoms with Crippen LogP contribution in [0, 0.1) is 0 Å². The molecule has 3 atom stereocenters. The fourth-order valence-corrected chi connectivity index (χ4v) is 1.63. The van der Waals surface area contributed by atoms with Crippen molar-refractivity contribution in [2.75, 3.05) is 19.7 Å². The number of aliphatic hydroxyl groups is 1. The van der Waals surface area contributed by atoms with E-state index in [1.165, 1.54) is 4.90 Å². The number of piperidine rings is 1. The minimum atomic E-state index is -0.553. The molecule has 0 unspecified atom stereocenters. The Balaban J connectivity index is 1.89. The molecule has 13 heavy (non-hydrogen) atoms. The highest BCUT2D eigenvalue weighted by Crippen LogP contribution is 2.31. The molecule has 0 radical (unpaired) electrons. The van der Waals surface area contributed by atoms with Gasteiger partial charge in [-0.25, -0.2) is 4.79 Å². The Morgan fingerprint density at radius 1 is 1.69 bits per heavy atom. The third-order valence-corrected chi connectivity index (χ3v) is 2.33. The Bertz CT molecular complexity index is 220. The Morgan fingerprint density at radius 3 is 3.08 bits per heavy atom. The second-order valence-electron chi connectivity index (χ2n) is 3.31. The molecule has 2 fully saturated rings. The molecule has 2 saturated heterocycles. The SMILES string of the molecule is CCOC(=O)N1C[C@@H](O)[C@H]2O[C@H]2C1. The van der Waals surface area contributed by atoms with E-state index in [2.05, 4.69) is 0 Å². The number of carbonyl (C=O) groups excluding carboxylic acids is 1. The topological polar surface area (TPSA) is 62.3 Å². The van der Waals surface area contributed by atoms with Crippen molar-refractivity contribution in [2.24, 2.45) is 0 Å². The van der Waals surface area contributed by atoms with Crippen LogP contribution in [0.1, 0.15) is 6.92 Å². The minimum absolute atomic E-state index is 0.0214. The van der Waals surface area contributed by atoms with E-state index >= 15 is 0 Å². The highest BCUT2D eigenvalue weighted by molar-refractivity contribution is 5.68. The van der Waals surface area contributed by atoms with Crippen molar-refractivity contribution in [3.05, 3.63) is 0 Å². The maximum Gasteiger partial charge on any atom is 0.409 e. The summed E-state index contributed by atoms with van der Waals surface area (Å²) in [4.78, 5) is 12.7. The van der Waals surface area contributed by atoms with Gasteiger partial charge in [-0.3, -0.25) is 0 Å². The number of fused-ring (bicyclic) bond motifs is 1. The zero-order valence-corrected chi connectivity index (χ0v) is 7.47. The van der Waals surface area contributed by atoms with Gasteiger partial charge in [0.2, 0.25) is 0 Å². The average molecular weight is 187 g/mol. The summed E-state index contributed by atoms with van der Waals surface area (Å²) in [5, 5.41) is 9.43. The number of nitrogens with zero attached hydrogens (tertiary/aromatic N) is 1. The molecule has 1 amide bonds. The van der Waals surface area contributed by atoms with E-state index < -0.39 is 6.10 Å². The molecule has 2 aliphatic heterocycles. The van der Waals surface area contributed by atoms with Gasteiger partial charge < -0.3 is 19.5 Å². The highest BCUT2D eigenvalue weighted by atomic mass is 16.6. The Hall–Kier alpha value is -0.810. The largest absolute Gasteiger partial charge is 0.450 e. The molecular weight excluding hydrogens is 174 g/mol. The number of ether oxygens (including phenoxy) is 2.